The first kappa shape index (κ1) is 16.6. The van der Waals surface area contributed by atoms with Crippen LogP contribution in [0.4, 0.5) is 17.5 Å². The summed E-state index contributed by atoms with van der Waals surface area (Å²) in [6.07, 6.45) is 2.17. The number of rotatable bonds is 4. The van der Waals surface area contributed by atoms with Gasteiger partial charge < -0.3 is 10.2 Å². The molecule has 3 rings (SSSR count). The Hall–Kier alpha value is -2.22. The van der Waals surface area contributed by atoms with Crippen LogP contribution in [0.25, 0.3) is 0 Å². The molecular weight excluding hydrogens is 326 g/mol. The summed E-state index contributed by atoms with van der Waals surface area (Å²) in [6, 6.07) is 6.04. The van der Waals surface area contributed by atoms with Gasteiger partial charge in [-0.25, -0.2) is 8.42 Å². The Balaban J connectivity index is 1.80. The second kappa shape index (κ2) is 6.35. The van der Waals surface area contributed by atoms with Crippen molar-refractivity contribution in [2.24, 2.45) is 0 Å². The Labute approximate surface area is 142 Å². The van der Waals surface area contributed by atoms with E-state index in [1.807, 2.05) is 44.0 Å². The molecular formula is C16H21N5O2S. The standard InChI is InChI=1S/C16H21N5O2S/c1-11-4-5-12(2)14(8-11)18-16-19-15(9-17-20-16)21(3)13-6-7-24(22,23)10-13/h4-5,8-9,13H,6-7,10H2,1-3H3,(H,18,19,20). The van der Waals surface area contributed by atoms with Crippen LogP contribution in [0.1, 0.15) is 17.5 Å². The van der Waals surface area contributed by atoms with Crippen molar-refractivity contribution in [1.29, 1.82) is 0 Å². The lowest BCUT2D eigenvalue weighted by Crippen LogP contribution is -2.33. The Morgan fingerprint density at radius 2 is 2.08 bits per heavy atom. The molecule has 24 heavy (non-hydrogen) atoms. The molecule has 0 spiro atoms. The van der Waals surface area contributed by atoms with Crippen molar-refractivity contribution in [1.82, 2.24) is 15.2 Å². The maximum Gasteiger partial charge on any atom is 0.249 e. The zero-order valence-electron chi connectivity index (χ0n) is 14.0. The van der Waals surface area contributed by atoms with Crippen LogP contribution in [0.3, 0.4) is 0 Å². The quantitative estimate of drug-likeness (QED) is 0.903. The summed E-state index contributed by atoms with van der Waals surface area (Å²) >= 11 is 0. The predicted molar refractivity (Wildman–Crippen MR) is 94.5 cm³/mol. The normalized spacial score (nSPS) is 19.2. The molecule has 1 fully saturated rings. The van der Waals surface area contributed by atoms with Gasteiger partial charge in [0.05, 0.1) is 17.7 Å². The van der Waals surface area contributed by atoms with Crippen molar-refractivity contribution in [3.05, 3.63) is 35.5 Å². The van der Waals surface area contributed by atoms with Crippen LogP contribution in [0, 0.1) is 13.8 Å². The average molecular weight is 347 g/mol. The first-order valence-electron chi connectivity index (χ1n) is 7.81. The van der Waals surface area contributed by atoms with Crippen LogP contribution in [0.5, 0.6) is 0 Å². The number of aromatic nitrogens is 3. The second-order valence-electron chi connectivity index (χ2n) is 6.25. The van der Waals surface area contributed by atoms with Gasteiger partial charge >= 0.3 is 0 Å². The zero-order chi connectivity index (χ0) is 17.3. The number of nitrogens with one attached hydrogen (secondary N) is 1. The number of hydrogen-bond donors (Lipinski definition) is 1. The zero-order valence-corrected chi connectivity index (χ0v) is 14.8. The summed E-state index contributed by atoms with van der Waals surface area (Å²) in [4.78, 5) is 6.35. The molecule has 2 aromatic rings. The van der Waals surface area contributed by atoms with Gasteiger partial charge in [0.1, 0.15) is 0 Å². The van der Waals surface area contributed by atoms with Crippen molar-refractivity contribution < 1.29 is 8.42 Å². The van der Waals surface area contributed by atoms with Crippen LogP contribution in [0.2, 0.25) is 0 Å². The van der Waals surface area contributed by atoms with E-state index in [4.69, 9.17) is 0 Å². The molecule has 0 radical (unpaired) electrons. The Morgan fingerprint density at radius 3 is 2.79 bits per heavy atom. The maximum absolute atomic E-state index is 11.7. The number of aryl methyl sites for hydroxylation is 2. The molecule has 1 aromatic heterocycles. The van der Waals surface area contributed by atoms with Gasteiger partial charge in [0.2, 0.25) is 5.95 Å². The highest BCUT2D eigenvalue weighted by Gasteiger charge is 2.31. The second-order valence-corrected chi connectivity index (χ2v) is 8.48. The Bertz CT molecular complexity index is 853. The van der Waals surface area contributed by atoms with Crippen molar-refractivity contribution in [3.63, 3.8) is 0 Å². The summed E-state index contributed by atoms with van der Waals surface area (Å²) in [5, 5.41) is 11.2. The molecule has 0 aliphatic carbocycles. The van der Waals surface area contributed by atoms with E-state index in [2.05, 4.69) is 20.5 Å². The third-order valence-electron chi connectivity index (χ3n) is 4.30. The van der Waals surface area contributed by atoms with Crippen molar-refractivity contribution in [3.8, 4) is 0 Å². The van der Waals surface area contributed by atoms with Gasteiger partial charge in [0.15, 0.2) is 15.7 Å². The van der Waals surface area contributed by atoms with Crippen LogP contribution in [-0.4, -0.2) is 48.2 Å². The topological polar surface area (TPSA) is 88.1 Å². The highest BCUT2D eigenvalue weighted by atomic mass is 32.2. The largest absolute Gasteiger partial charge is 0.354 e. The molecule has 1 atom stereocenters. The van der Waals surface area contributed by atoms with Gasteiger partial charge in [-0.2, -0.15) is 10.1 Å². The molecule has 2 heterocycles. The smallest absolute Gasteiger partial charge is 0.249 e. The first-order chi connectivity index (χ1) is 11.3. The van der Waals surface area contributed by atoms with Gasteiger partial charge in [0, 0.05) is 18.8 Å². The van der Waals surface area contributed by atoms with Gasteiger partial charge in [-0.3, -0.25) is 0 Å². The molecule has 1 unspecified atom stereocenters. The fourth-order valence-corrected chi connectivity index (χ4v) is 4.55. The Morgan fingerprint density at radius 1 is 1.29 bits per heavy atom. The molecule has 0 bridgehead atoms. The number of hydrogen-bond acceptors (Lipinski definition) is 7. The van der Waals surface area contributed by atoms with Crippen LogP contribution in [-0.2, 0) is 9.84 Å². The van der Waals surface area contributed by atoms with E-state index in [1.165, 1.54) is 0 Å². The molecule has 1 aliphatic rings. The molecule has 0 amide bonds. The predicted octanol–water partition coefficient (Wildman–Crippen LogP) is 1.86. The van der Waals surface area contributed by atoms with E-state index in [0.717, 1.165) is 16.8 Å². The molecule has 8 heteroatoms. The fourth-order valence-electron chi connectivity index (χ4n) is 2.78. The third kappa shape index (κ3) is 3.64. The first-order valence-corrected chi connectivity index (χ1v) is 9.63. The molecule has 1 N–H and O–H groups in total. The SMILES string of the molecule is Cc1ccc(C)c(Nc2nncc(N(C)C3CCS(=O)(=O)C3)n2)c1. The van der Waals surface area contributed by atoms with Crippen LogP contribution < -0.4 is 10.2 Å². The Kier molecular flexibility index (Phi) is 4.40. The van der Waals surface area contributed by atoms with E-state index in [0.29, 0.717) is 18.2 Å². The van der Waals surface area contributed by atoms with E-state index in [1.54, 1.807) is 6.20 Å². The van der Waals surface area contributed by atoms with Crippen LogP contribution in [0.15, 0.2) is 24.4 Å². The summed E-state index contributed by atoms with van der Waals surface area (Å²) in [5.74, 6) is 1.40. The number of benzene rings is 1. The summed E-state index contributed by atoms with van der Waals surface area (Å²) in [5.41, 5.74) is 3.16. The fraction of sp³-hybridized carbons (Fsp3) is 0.438. The molecule has 128 valence electrons. The number of sulfone groups is 1. The summed E-state index contributed by atoms with van der Waals surface area (Å²) in [7, 11) is -1.09. The monoisotopic (exact) mass is 347 g/mol. The molecule has 7 nitrogen and oxygen atoms in total. The van der Waals surface area contributed by atoms with Crippen LogP contribution >= 0.6 is 0 Å². The van der Waals surface area contributed by atoms with Crippen molar-refractivity contribution in [2.45, 2.75) is 26.3 Å². The lowest BCUT2D eigenvalue weighted by atomic mass is 10.1. The van der Waals surface area contributed by atoms with E-state index in [-0.39, 0.29) is 17.5 Å². The van der Waals surface area contributed by atoms with E-state index >= 15 is 0 Å². The molecule has 0 saturated carbocycles. The lowest BCUT2D eigenvalue weighted by molar-refractivity contribution is 0.600. The number of nitrogens with zero attached hydrogens (tertiary/aromatic N) is 4. The van der Waals surface area contributed by atoms with Crippen molar-refractivity contribution in [2.75, 3.05) is 28.8 Å². The van der Waals surface area contributed by atoms with Crippen molar-refractivity contribution >= 4 is 27.3 Å². The van der Waals surface area contributed by atoms with Gasteiger partial charge in [-0.1, -0.05) is 12.1 Å². The maximum atomic E-state index is 11.7. The molecule has 1 saturated heterocycles. The van der Waals surface area contributed by atoms with E-state index in [9.17, 15) is 8.42 Å². The average Bonchev–Trinajstić information content (AvgIpc) is 2.90. The summed E-state index contributed by atoms with van der Waals surface area (Å²) in [6.45, 7) is 4.03. The molecule has 1 aliphatic heterocycles. The number of anilines is 3. The van der Waals surface area contributed by atoms with Gasteiger partial charge in [0.25, 0.3) is 0 Å². The highest BCUT2D eigenvalue weighted by molar-refractivity contribution is 7.91. The van der Waals surface area contributed by atoms with Gasteiger partial charge in [-0.15, -0.1) is 5.10 Å². The minimum Gasteiger partial charge on any atom is -0.354 e. The van der Waals surface area contributed by atoms with E-state index < -0.39 is 9.84 Å². The highest BCUT2D eigenvalue weighted by Crippen LogP contribution is 2.23. The summed E-state index contributed by atoms with van der Waals surface area (Å²) < 4.78 is 23.3. The van der Waals surface area contributed by atoms with Gasteiger partial charge in [-0.05, 0) is 37.5 Å². The lowest BCUT2D eigenvalue weighted by Gasteiger charge is -2.24. The third-order valence-corrected chi connectivity index (χ3v) is 6.05. The minimum atomic E-state index is -2.94. The molecule has 1 aromatic carbocycles. The minimum absolute atomic E-state index is 0.0692.